The highest BCUT2D eigenvalue weighted by Gasteiger charge is 2.11. The zero-order valence-electron chi connectivity index (χ0n) is 10.3. The van der Waals surface area contributed by atoms with Crippen molar-refractivity contribution in [3.05, 3.63) is 36.0 Å². The summed E-state index contributed by atoms with van der Waals surface area (Å²) in [5, 5.41) is 13.6. The van der Waals surface area contributed by atoms with Crippen LogP contribution in [0, 0.1) is 11.3 Å². The van der Waals surface area contributed by atoms with E-state index in [9.17, 15) is 0 Å². The number of hydrogen-bond acceptors (Lipinski definition) is 4. The molecule has 2 aromatic rings. The molecule has 1 aromatic carbocycles. The van der Waals surface area contributed by atoms with E-state index in [1.165, 1.54) is 0 Å². The molecule has 1 aromatic heterocycles. The van der Waals surface area contributed by atoms with Crippen LogP contribution in [0.25, 0.3) is 5.69 Å². The standard InChI is InChI=1S/C13H14N4S/c1-9(2)18-12-8-16-17(13(12)15)11-5-3-4-10(6-11)7-14/h3-6,8-9H,15H2,1-2H3. The summed E-state index contributed by atoms with van der Waals surface area (Å²) in [4.78, 5) is 0.965. The topological polar surface area (TPSA) is 67.6 Å². The fraction of sp³-hybridized carbons (Fsp3) is 0.231. The van der Waals surface area contributed by atoms with Gasteiger partial charge in [0, 0.05) is 5.25 Å². The van der Waals surface area contributed by atoms with Gasteiger partial charge in [0.1, 0.15) is 5.82 Å². The highest BCUT2D eigenvalue weighted by molar-refractivity contribution is 8.00. The van der Waals surface area contributed by atoms with Gasteiger partial charge in [-0.1, -0.05) is 19.9 Å². The van der Waals surface area contributed by atoms with Gasteiger partial charge in [0.25, 0.3) is 0 Å². The second-order valence-corrected chi connectivity index (χ2v) is 5.75. The van der Waals surface area contributed by atoms with Crippen molar-refractivity contribution in [1.82, 2.24) is 9.78 Å². The highest BCUT2D eigenvalue weighted by Crippen LogP contribution is 2.29. The molecule has 0 saturated heterocycles. The number of hydrogen-bond donors (Lipinski definition) is 1. The molecule has 0 aliphatic rings. The quantitative estimate of drug-likeness (QED) is 0.860. The van der Waals surface area contributed by atoms with Crippen LogP contribution in [0.1, 0.15) is 19.4 Å². The molecule has 0 aliphatic heterocycles. The molecule has 0 radical (unpaired) electrons. The van der Waals surface area contributed by atoms with E-state index in [0.717, 1.165) is 10.6 Å². The van der Waals surface area contributed by atoms with E-state index in [0.29, 0.717) is 16.6 Å². The van der Waals surface area contributed by atoms with Crippen molar-refractivity contribution in [1.29, 1.82) is 5.26 Å². The summed E-state index contributed by atoms with van der Waals surface area (Å²) in [7, 11) is 0. The van der Waals surface area contributed by atoms with Crippen LogP contribution in [0.5, 0.6) is 0 Å². The molecule has 18 heavy (non-hydrogen) atoms. The summed E-state index contributed by atoms with van der Waals surface area (Å²) in [5.74, 6) is 0.615. The fourth-order valence-electron chi connectivity index (χ4n) is 1.60. The van der Waals surface area contributed by atoms with Gasteiger partial charge in [-0.25, -0.2) is 4.68 Å². The largest absolute Gasteiger partial charge is 0.383 e. The maximum absolute atomic E-state index is 8.89. The van der Waals surface area contributed by atoms with Crippen molar-refractivity contribution < 1.29 is 0 Å². The van der Waals surface area contributed by atoms with Crippen molar-refractivity contribution in [2.24, 2.45) is 0 Å². The Bertz CT molecular complexity index is 595. The average Bonchev–Trinajstić information content (AvgIpc) is 2.70. The van der Waals surface area contributed by atoms with Crippen molar-refractivity contribution in [2.75, 3.05) is 5.73 Å². The Morgan fingerprint density at radius 1 is 1.44 bits per heavy atom. The number of thioether (sulfide) groups is 1. The molecule has 92 valence electrons. The number of anilines is 1. The first-order valence-corrected chi connectivity index (χ1v) is 6.50. The molecule has 0 spiro atoms. The molecule has 0 amide bonds. The first-order valence-electron chi connectivity index (χ1n) is 5.62. The van der Waals surface area contributed by atoms with Gasteiger partial charge in [-0.05, 0) is 18.2 Å². The Labute approximate surface area is 110 Å². The number of benzene rings is 1. The number of nitrogens with two attached hydrogens (primary N) is 1. The van der Waals surface area contributed by atoms with Crippen LogP contribution in [0.4, 0.5) is 5.82 Å². The summed E-state index contributed by atoms with van der Waals surface area (Å²) in [6.07, 6.45) is 1.76. The smallest absolute Gasteiger partial charge is 0.140 e. The van der Waals surface area contributed by atoms with Crippen LogP contribution in [-0.4, -0.2) is 15.0 Å². The lowest BCUT2D eigenvalue weighted by atomic mass is 10.2. The number of nitrogen functional groups attached to an aromatic ring is 1. The predicted molar refractivity (Wildman–Crippen MR) is 73.7 cm³/mol. The maximum atomic E-state index is 8.89. The molecule has 0 atom stereocenters. The van der Waals surface area contributed by atoms with Crippen molar-refractivity contribution >= 4 is 17.6 Å². The first kappa shape index (κ1) is 12.5. The van der Waals surface area contributed by atoms with Crippen molar-refractivity contribution in [2.45, 2.75) is 24.0 Å². The molecule has 0 fully saturated rings. The molecule has 0 unspecified atom stereocenters. The zero-order chi connectivity index (χ0) is 13.1. The lowest BCUT2D eigenvalue weighted by Crippen LogP contribution is -2.02. The van der Waals surface area contributed by atoms with E-state index >= 15 is 0 Å². The van der Waals surface area contributed by atoms with Gasteiger partial charge in [0.05, 0.1) is 28.4 Å². The van der Waals surface area contributed by atoms with E-state index in [2.05, 4.69) is 25.0 Å². The van der Waals surface area contributed by atoms with Crippen molar-refractivity contribution in [3.8, 4) is 11.8 Å². The predicted octanol–water partition coefficient (Wildman–Crippen LogP) is 2.83. The third kappa shape index (κ3) is 2.49. The third-order valence-electron chi connectivity index (χ3n) is 2.35. The van der Waals surface area contributed by atoms with Crippen LogP contribution in [0.2, 0.25) is 0 Å². The maximum Gasteiger partial charge on any atom is 0.140 e. The Morgan fingerprint density at radius 3 is 2.89 bits per heavy atom. The molecule has 2 N–H and O–H groups in total. The number of nitriles is 1. The minimum atomic E-state index is 0.454. The summed E-state index contributed by atoms with van der Waals surface area (Å²) < 4.78 is 1.66. The summed E-state index contributed by atoms with van der Waals surface area (Å²) in [5.41, 5.74) is 7.48. The molecular formula is C13H14N4S. The fourth-order valence-corrected chi connectivity index (χ4v) is 2.42. The molecule has 0 bridgehead atoms. The van der Waals surface area contributed by atoms with E-state index in [1.807, 2.05) is 12.1 Å². The highest BCUT2D eigenvalue weighted by atomic mass is 32.2. The molecule has 4 nitrogen and oxygen atoms in total. The van der Waals surface area contributed by atoms with E-state index in [1.54, 1.807) is 34.8 Å². The minimum Gasteiger partial charge on any atom is -0.383 e. The second kappa shape index (κ2) is 5.15. The van der Waals surface area contributed by atoms with E-state index in [-0.39, 0.29) is 0 Å². The second-order valence-electron chi connectivity index (χ2n) is 4.13. The van der Waals surface area contributed by atoms with Crippen LogP contribution >= 0.6 is 11.8 Å². The Balaban J connectivity index is 2.39. The van der Waals surface area contributed by atoms with Gasteiger partial charge in [-0.3, -0.25) is 0 Å². The SMILES string of the molecule is CC(C)Sc1cnn(-c2cccc(C#N)c2)c1N. The molecular weight excluding hydrogens is 244 g/mol. The van der Waals surface area contributed by atoms with Crippen LogP contribution < -0.4 is 5.73 Å². The van der Waals surface area contributed by atoms with Crippen LogP contribution in [0.15, 0.2) is 35.4 Å². The number of nitrogens with zero attached hydrogens (tertiary/aromatic N) is 3. The monoisotopic (exact) mass is 258 g/mol. The van der Waals surface area contributed by atoms with Gasteiger partial charge in [0.2, 0.25) is 0 Å². The normalized spacial score (nSPS) is 10.6. The van der Waals surface area contributed by atoms with Gasteiger partial charge in [-0.15, -0.1) is 11.8 Å². The third-order valence-corrected chi connectivity index (χ3v) is 3.39. The zero-order valence-corrected chi connectivity index (χ0v) is 11.1. The Hall–Kier alpha value is -1.93. The number of rotatable bonds is 3. The lowest BCUT2D eigenvalue weighted by Gasteiger charge is -2.06. The molecule has 0 aliphatic carbocycles. The van der Waals surface area contributed by atoms with E-state index in [4.69, 9.17) is 11.0 Å². The van der Waals surface area contributed by atoms with Crippen molar-refractivity contribution in [3.63, 3.8) is 0 Å². The van der Waals surface area contributed by atoms with Gasteiger partial charge >= 0.3 is 0 Å². The molecule has 2 rings (SSSR count). The summed E-state index contributed by atoms with van der Waals surface area (Å²) >= 11 is 1.68. The minimum absolute atomic E-state index is 0.454. The van der Waals surface area contributed by atoms with Crippen LogP contribution in [-0.2, 0) is 0 Å². The lowest BCUT2D eigenvalue weighted by molar-refractivity contribution is 0.890. The summed E-state index contributed by atoms with van der Waals surface area (Å²) in [6, 6.07) is 9.34. The molecule has 0 saturated carbocycles. The van der Waals surface area contributed by atoms with Gasteiger partial charge in [0.15, 0.2) is 0 Å². The van der Waals surface area contributed by atoms with Crippen LogP contribution in [0.3, 0.4) is 0 Å². The van der Waals surface area contributed by atoms with Gasteiger partial charge in [-0.2, -0.15) is 10.4 Å². The number of aromatic nitrogens is 2. The first-order chi connectivity index (χ1) is 8.61. The van der Waals surface area contributed by atoms with E-state index < -0.39 is 0 Å². The average molecular weight is 258 g/mol. The Kier molecular flexibility index (Phi) is 3.58. The summed E-state index contributed by atoms with van der Waals surface area (Å²) in [6.45, 7) is 4.22. The molecule has 1 heterocycles. The Morgan fingerprint density at radius 2 is 2.22 bits per heavy atom. The van der Waals surface area contributed by atoms with Gasteiger partial charge < -0.3 is 5.73 Å². The molecule has 5 heteroatoms.